The molecule has 0 spiro atoms. The molecule has 1 saturated heterocycles. The van der Waals surface area contributed by atoms with E-state index >= 15 is 0 Å². The second kappa shape index (κ2) is 8.77. The molecule has 4 aromatic rings. The highest BCUT2D eigenvalue weighted by atomic mass is 16.5. The molecule has 1 fully saturated rings. The van der Waals surface area contributed by atoms with Gasteiger partial charge in [0, 0.05) is 44.6 Å². The fraction of sp³-hybridized carbons (Fsp3) is 0.458. The molecular weight excluding hydrogens is 436 g/mol. The van der Waals surface area contributed by atoms with Crippen LogP contribution in [0.4, 0.5) is 0 Å². The minimum atomic E-state index is -0.359. The van der Waals surface area contributed by atoms with Crippen molar-refractivity contribution in [3.63, 3.8) is 0 Å². The molecule has 1 aliphatic heterocycles. The predicted molar refractivity (Wildman–Crippen MR) is 129 cm³/mol. The third kappa shape index (κ3) is 3.45. The Morgan fingerprint density at radius 3 is 2.53 bits per heavy atom. The molecule has 4 heterocycles. The zero-order valence-corrected chi connectivity index (χ0v) is 20.1. The summed E-state index contributed by atoms with van der Waals surface area (Å²) in [6, 6.07) is 7.76. The van der Waals surface area contributed by atoms with E-state index in [-0.39, 0.29) is 11.2 Å². The summed E-state index contributed by atoms with van der Waals surface area (Å²) in [6.45, 7) is 10.3. The van der Waals surface area contributed by atoms with E-state index in [0.29, 0.717) is 49.9 Å². The maximum absolute atomic E-state index is 13.6. The maximum atomic E-state index is 13.6. The second-order valence-corrected chi connectivity index (χ2v) is 8.58. The van der Waals surface area contributed by atoms with Crippen LogP contribution in [0.1, 0.15) is 18.3 Å². The average molecular weight is 467 g/mol. The second-order valence-electron chi connectivity index (χ2n) is 8.58. The lowest BCUT2D eigenvalue weighted by Crippen LogP contribution is -2.44. The fourth-order valence-corrected chi connectivity index (χ4v) is 4.72. The molecule has 0 amide bonds. The summed E-state index contributed by atoms with van der Waals surface area (Å²) in [7, 11) is 1.67. The summed E-state index contributed by atoms with van der Waals surface area (Å²) in [5, 5.41) is 0. The van der Waals surface area contributed by atoms with Crippen LogP contribution in [-0.4, -0.2) is 67.4 Å². The van der Waals surface area contributed by atoms with Crippen molar-refractivity contribution < 1.29 is 9.47 Å². The van der Waals surface area contributed by atoms with Gasteiger partial charge in [-0.15, -0.1) is 0 Å². The summed E-state index contributed by atoms with van der Waals surface area (Å²) in [6.07, 6.45) is 0. The third-order valence-corrected chi connectivity index (χ3v) is 6.67. The Kier molecular flexibility index (Phi) is 5.78. The molecule has 0 aliphatic carbocycles. The number of para-hydroxylation sites is 2. The molecule has 0 N–H and O–H groups in total. The van der Waals surface area contributed by atoms with Crippen LogP contribution in [0.3, 0.4) is 0 Å². The maximum Gasteiger partial charge on any atom is 0.332 e. The summed E-state index contributed by atoms with van der Waals surface area (Å²) in [5.41, 5.74) is 2.78. The molecule has 0 saturated carbocycles. The van der Waals surface area contributed by atoms with E-state index in [0.717, 1.165) is 35.9 Å². The number of nitrogens with zero attached hydrogens (tertiary/aromatic N) is 6. The molecule has 0 unspecified atom stereocenters. The predicted octanol–water partition coefficient (Wildman–Crippen LogP) is 1.49. The SMILES string of the molecule is CCOc1ccccc1-n1c(C)c(C)n2c3c(=O)n(CCN4CCOCC4)c(=O)n(C)c3nc12. The molecule has 3 aromatic heterocycles. The highest BCUT2D eigenvalue weighted by molar-refractivity contribution is 5.77. The Labute approximate surface area is 196 Å². The Morgan fingerprint density at radius 2 is 1.79 bits per heavy atom. The van der Waals surface area contributed by atoms with E-state index in [1.54, 1.807) is 7.05 Å². The van der Waals surface area contributed by atoms with Gasteiger partial charge in [-0.2, -0.15) is 4.98 Å². The number of hydrogen-bond acceptors (Lipinski definition) is 6. The molecule has 0 atom stereocenters. The number of ether oxygens (including phenoxy) is 2. The monoisotopic (exact) mass is 466 g/mol. The lowest BCUT2D eigenvalue weighted by Gasteiger charge is -2.26. The minimum Gasteiger partial charge on any atom is -0.492 e. The third-order valence-electron chi connectivity index (χ3n) is 6.67. The van der Waals surface area contributed by atoms with E-state index in [2.05, 4.69) is 4.90 Å². The number of aromatic nitrogens is 5. The van der Waals surface area contributed by atoms with Crippen LogP contribution in [0, 0.1) is 13.8 Å². The topological polar surface area (TPSA) is 87.9 Å². The van der Waals surface area contributed by atoms with Crippen LogP contribution in [0.2, 0.25) is 0 Å². The number of benzene rings is 1. The Balaban J connectivity index is 1.71. The van der Waals surface area contributed by atoms with Gasteiger partial charge in [-0.25, -0.2) is 4.79 Å². The molecule has 0 bridgehead atoms. The van der Waals surface area contributed by atoms with E-state index in [9.17, 15) is 9.59 Å². The van der Waals surface area contributed by atoms with Gasteiger partial charge in [-0.1, -0.05) is 12.1 Å². The van der Waals surface area contributed by atoms with Gasteiger partial charge in [0.2, 0.25) is 5.78 Å². The molecule has 10 heteroatoms. The Morgan fingerprint density at radius 1 is 1.06 bits per heavy atom. The van der Waals surface area contributed by atoms with Crippen LogP contribution in [0.5, 0.6) is 5.75 Å². The summed E-state index contributed by atoms with van der Waals surface area (Å²) in [4.78, 5) is 33.8. The summed E-state index contributed by atoms with van der Waals surface area (Å²) < 4.78 is 17.9. The Hall–Kier alpha value is -3.37. The van der Waals surface area contributed by atoms with Crippen LogP contribution in [0.15, 0.2) is 33.9 Å². The van der Waals surface area contributed by atoms with Gasteiger partial charge in [0.1, 0.15) is 5.75 Å². The number of hydrogen-bond donors (Lipinski definition) is 0. The first-order chi connectivity index (χ1) is 16.4. The quantitative estimate of drug-likeness (QED) is 0.428. The van der Waals surface area contributed by atoms with Crippen molar-refractivity contribution in [3.8, 4) is 11.4 Å². The lowest BCUT2D eigenvalue weighted by atomic mass is 10.2. The van der Waals surface area contributed by atoms with Crippen molar-refractivity contribution in [2.24, 2.45) is 7.05 Å². The lowest BCUT2D eigenvalue weighted by molar-refractivity contribution is 0.0361. The van der Waals surface area contributed by atoms with Gasteiger partial charge in [0.25, 0.3) is 5.56 Å². The molecule has 0 radical (unpaired) electrons. The van der Waals surface area contributed by atoms with Gasteiger partial charge >= 0.3 is 5.69 Å². The van der Waals surface area contributed by atoms with Gasteiger partial charge in [-0.3, -0.25) is 27.8 Å². The first kappa shape index (κ1) is 22.4. The molecule has 34 heavy (non-hydrogen) atoms. The van der Waals surface area contributed by atoms with Crippen molar-refractivity contribution in [3.05, 3.63) is 56.5 Å². The van der Waals surface area contributed by atoms with Crippen molar-refractivity contribution in [2.45, 2.75) is 27.3 Å². The largest absolute Gasteiger partial charge is 0.492 e. The van der Waals surface area contributed by atoms with Crippen LogP contribution < -0.4 is 16.0 Å². The highest BCUT2D eigenvalue weighted by Crippen LogP contribution is 2.29. The molecule has 5 rings (SSSR count). The van der Waals surface area contributed by atoms with Crippen molar-refractivity contribution in [2.75, 3.05) is 39.5 Å². The average Bonchev–Trinajstić information content (AvgIpc) is 3.34. The van der Waals surface area contributed by atoms with Gasteiger partial charge in [-0.05, 0) is 32.9 Å². The van der Waals surface area contributed by atoms with Crippen molar-refractivity contribution >= 4 is 16.9 Å². The van der Waals surface area contributed by atoms with Crippen LogP contribution in [0.25, 0.3) is 22.6 Å². The zero-order valence-electron chi connectivity index (χ0n) is 20.1. The van der Waals surface area contributed by atoms with E-state index < -0.39 is 0 Å². The van der Waals surface area contributed by atoms with E-state index in [1.807, 2.05) is 54.0 Å². The standard InChI is InChI=1S/C24H30N6O4/c1-5-34-19-9-7-6-8-18(19)29-16(2)17(3)30-20-21(25-23(29)30)26(4)24(32)28(22(20)31)11-10-27-12-14-33-15-13-27/h6-9H,5,10-15H2,1-4H3. The number of aryl methyl sites for hydroxylation is 2. The number of rotatable bonds is 6. The first-order valence-electron chi connectivity index (χ1n) is 11.7. The summed E-state index contributed by atoms with van der Waals surface area (Å²) >= 11 is 0. The van der Waals surface area contributed by atoms with Gasteiger partial charge in [0.05, 0.1) is 25.5 Å². The minimum absolute atomic E-state index is 0.320. The first-order valence-corrected chi connectivity index (χ1v) is 11.7. The van der Waals surface area contributed by atoms with E-state index in [4.69, 9.17) is 14.5 Å². The van der Waals surface area contributed by atoms with Gasteiger partial charge < -0.3 is 9.47 Å². The molecular formula is C24H30N6O4. The van der Waals surface area contributed by atoms with Crippen molar-refractivity contribution in [1.29, 1.82) is 0 Å². The summed E-state index contributed by atoms with van der Waals surface area (Å²) in [5.74, 6) is 1.31. The normalized spacial score (nSPS) is 14.9. The van der Waals surface area contributed by atoms with Crippen LogP contribution in [-0.2, 0) is 18.3 Å². The number of imidazole rings is 2. The molecule has 10 nitrogen and oxygen atoms in total. The van der Waals surface area contributed by atoms with Crippen LogP contribution >= 0.6 is 0 Å². The highest BCUT2D eigenvalue weighted by Gasteiger charge is 2.24. The van der Waals surface area contributed by atoms with Crippen molar-refractivity contribution in [1.82, 2.24) is 28.0 Å². The molecule has 1 aromatic carbocycles. The fourth-order valence-electron chi connectivity index (χ4n) is 4.72. The number of morpholine rings is 1. The molecule has 180 valence electrons. The number of fused-ring (bicyclic) bond motifs is 3. The van der Waals surface area contributed by atoms with E-state index in [1.165, 1.54) is 9.13 Å². The molecule has 1 aliphatic rings. The smallest absolute Gasteiger partial charge is 0.332 e. The van der Waals surface area contributed by atoms with Gasteiger partial charge in [0.15, 0.2) is 11.2 Å². The Bertz CT molecular complexity index is 1490. The zero-order chi connectivity index (χ0) is 24.0.